The van der Waals surface area contributed by atoms with E-state index in [0.29, 0.717) is 0 Å². The third-order valence-corrected chi connectivity index (χ3v) is 4.11. The van der Waals surface area contributed by atoms with Crippen LogP contribution in [0.2, 0.25) is 0 Å². The number of hydrogen-bond donors (Lipinski definition) is 1. The van der Waals surface area contributed by atoms with Gasteiger partial charge in [0.15, 0.2) is 0 Å². The van der Waals surface area contributed by atoms with Crippen LogP contribution in [-0.4, -0.2) is 29.0 Å². The molecule has 2 rings (SSSR count). The molecule has 0 saturated heterocycles. The molecule has 0 unspecified atom stereocenters. The number of carboxylic acid groups (broad SMARTS) is 1. The van der Waals surface area contributed by atoms with Crippen molar-refractivity contribution >= 4 is 25.7 Å². The first-order valence-corrected chi connectivity index (χ1v) is 8.00. The van der Waals surface area contributed by atoms with Crippen molar-refractivity contribution in [2.45, 2.75) is 11.5 Å². The number of carboxylic acids is 1. The Bertz CT molecular complexity index is 785. The summed E-state index contributed by atoms with van der Waals surface area (Å²) >= 11 is 0. The number of hydrogen-bond acceptors (Lipinski definition) is 5. The predicted octanol–water partition coefficient (Wildman–Crippen LogP) is 1.62. The number of halogens is 1. The van der Waals surface area contributed by atoms with E-state index in [2.05, 4.69) is 4.98 Å². The molecule has 0 amide bonds. The van der Waals surface area contributed by atoms with Gasteiger partial charge < -0.3 is 14.4 Å². The highest BCUT2D eigenvalue weighted by Gasteiger charge is 2.18. The number of carbonyl (C=O) groups is 1. The van der Waals surface area contributed by atoms with E-state index in [-0.39, 0.29) is 22.8 Å². The maximum atomic E-state index is 11.2. The Morgan fingerprint density at radius 2 is 2.19 bits per heavy atom. The Balaban J connectivity index is 2.31. The third-order valence-electron chi connectivity index (χ3n) is 2.75. The van der Waals surface area contributed by atoms with Crippen molar-refractivity contribution < 1.29 is 23.1 Å². The molecule has 0 spiro atoms. The molecule has 1 aromatic carbocycles. The highest BCUT2D eigenvalue weighted by Crippen LogP contribution is 2.25. The molecular formula is C12H11ClN2O5S. The molecule has 1 aromatic heterocycles. The summed E-state index contributed by atoms with van der Waals surface area (Å²) < 4.78 is 29.6. The van der Waals surface area contributed by atoms with Crippen molar-refractivity contribution in [3.05, 3.63) is 42.0 Å². The molecule has 7 nitrogen and oxygen atoms in total. The summed E-state index contributed by atoms with van der Waals surface area (Å²) in [6.07, 6.45) is 3.16. The van der Waals surface area contributed by atoms with Gasteiger partial charge in [0, 0.05) is 17.7 Å². The number of rotatable bonds is 5. The van der Waals surface area contributed by atoms with E-state index in [1.165, 1.54) is 12.1 Å². The first kappa shape index (κ1) is 15.3. The fourth-order valence-electron chi connectivity index (χ4n) is 1.63. The molecule has 0 aliphatic carbocycles. The Kier molecular flexibility index (Phi) is 4.19. The molecule has 0 atom stereocenters. The van der Waals surface area contributed by atoms with Crippen LogP contribution < -0.4 is 4.74 Å². The van der Waals surface area contributed by atoms with Crippen LogP contribution in [0, 0.1) is 0 Å². The monoisotopic (exact) mass is 330 g/mol. The van der Waals surface area contributed by atoms with Crippen LogP contribution in [0.15, 0.2) is 35.6 Å². The van der Waals surface area contributed by atoms with Crippen LogP contribution >= 0.6 is 10.7 Å². The molecule has 2 aromatic rings. The average Bonchev–Trinajstić information content (AvgIpc) is 2.80. The molecule has 0 bridgehead atoms. The largest absolute Gasteiger partial charge is 0.486 e. The lowest BCUT2D eigenvalue weighted by atomic mass is 10.2. The van der Waals surface area contributed by atoms with Gasteiger partial charge in [-0.15, -0.1) is 0 Å². The van der Waals surface area contributed by atoms with E-state index in [1.54, 1.807) is 24.1 Å². The lowest BCUT2D eigenvalue weighted by molar-refractivity contribution is 0.0691. The van der Waals surface area contributed by atoms with Crippen LogP contribution in [0.25, 0.3) is 0 Å². The zero-order valence-corrected chi connectivity index (χ0v) is 12.4. The molecule has 1 N–H and O–H groups in total. The number of aryl methyl sites for hydroxylation is 1. The summed E-state index contributed by atoms with van der Waals surface area (Å²) in [7, 11) is 2.96. The van der Waals surface area contributed by atoms with Gasteiger partial charge in [0.1, 0.15) is 17.9 Å². The van der Waals surface area contributed by atoms with Gasteiger partial charge in [-0.25, -0.2) is 18.2 Å². The first-order chi connectivity index (χ1) is 9.79. The molecule has 21 heavy (non-hydrogen) atoms. The van der Waals surface area contributed by atoms with E-state index >= 15 is 0 Å². The Hall–Kier alpha value is -2.06. The van der Waals surface area contributed by atoms with Crippen molar-refractivity contribution in [3.8, 4) is 5.75 Å². The number of benzene rings is 1. The number of aromatic carboxylic acids is 1. The highest BCUT2D eigenvalue weighted by molar-refractivity contribution is 8.13. The maximum absolute atomic E-state index is 11.2. The summed E-state index contributed by atoms with van der Waals surface area (Å²) in [5.74, 6) is -1.26. The molecule has 0 radical (unpaired) electrons. The van der Waals surface area contributed by atoms with Gasteiger partial charge in [-0.05, 0) is 18.2 Å². The van der Waals surface area contributed by atoms with Gasteiger partial charge in [-0.2, -0.15) is 0 Å². The molecule has 9 heteroatoms. The Labute approximate surface area is 125 Å². The van der Waals surface area contributed by atoms with Crippen molar-refractivity contribution in [2.24, 2.45) is 7.05 Å². The van der Waals surface area contributed by atoms with Gasteiger partial charge >= 0.3 is 5.97 Å². The number of ether oxygens (including phenoxy) is 1. The summed E-state index contributed by atoms with van der Waals surface area (Å²) in [5.41, 5.74) is 0.458. The van der Waals surface area contributed by atoms with Crippen molar-refractivity contribution in [1.29, 1.82) is 0 Å². The zero-order valence-electron chi connectivity index (χ0n) is 10.9. The topological polar surface area (TPSA) is 98.5 Å². The molecule has 0 aliphatic rings. The highest BCUT2D eigenvalue weighted by atomic mass is 35.7. The minimum atomic E-state index is -4.00. The van der Waals surface area contributed by atoms with E-state index < -0.39 is 15.0 Å². The molecule has 0 aliphatic heterocycles. The molecule has 1 heterocycles. The lowest BCUT2D eigenvalue weighted by Gasteiger charge is -2.10. The number of nitrogens with zero attached hydrogens (tertiary/aromatic N) is 2. The summed E-state index contributed by atoms with van der Waals surface area (Å²) in [5, 5.41) is 9.13. The predicted molar refractivity (Wildman–Crippen MR) is 74.0 cm³/mol. The van der Waals surface area contributed by atoms with Crippen LogP contribution in [0.5, 0.6) is 5.75 Å². The quantitative estimate of drug-likeness (QED) is 0.836. The average molecular weight is 331 g/mol. The number of aromatic nitrogens is 2. The second kappa shape index (κ2) is 5.74. The lowest BCUT2D eigenvalue weighted by Crippen LogP contribution is -2.07. The van der Waals surface area contributed by atoms with E-state index in [9.17, 15) is 13.2 Å². The van der Waals surface area contributed by atoms with Crippen molar-refractivity contribution in [3.63, 3.8) is 0 Å². The van der Waals surface area contributed by atoms with Gasteiger partial charge in [-0.3, -0.25) is 0 Å². The van der Waals surface area contributed by atoms with Crippen molar-refractivity contribution in [2.75, 3.05) is 0 Å². The fourth-order valence-corrected chi connectivity index (χ4v) is 2.41. The van der Waals surface area contributed by atoms with Crippen LogP contribution in [0.3, 0.4) is 0 Å². The SMILES string of the molecule is Cn1cncc1COc1ccc(S(=O)(=O)Cl)cc1C(=O)O. The standard InChI is InChI=1S/C12H11ClN2O5S/c1-15-7-14-5-8(15)6-20-11-3-2-9(21(13,18)19)4-10(11)12(16)17/h2-5,7H,6H2,1H3,(H,16,17). The molecule has 0 fully saturated rings. The second-order valence-corrected chi connectivity index (χ2v) is 6.75. The summed E-state index contributed by atoms with van der Waals surface area (Å²) in [6, 6.07) is 3.41. The number of imidazole rings is 1. The van der Waals surface area contributed by atoms with Gasteiger partial charge in [0.05, 0.1) is 23.1 Å². The molecule has 0 saturated carbocycles. The second-order valence-electron chi connectivity index (χ2n) is 4.19. The smallest absolute Gasteiger partial charge is 0.339 e. The molecule has 112 valence electrons. The minimum Gasteiger partial charge on any atom is -0.486 e. The Morgan fingerprint density at radius 1 is 1.48 bits per heavy atom. The summed E-state index contributed by atoms with van der Waals surface area (Å²) in [4.78, 5) is 14.8. The van der Waals surface area contributed by atoms with Gasteiger partial charge in [0.2, 0.25) is 0 Å². The zero-order chi connectivity index (χ0) is 15.6. The van der Waals surface area contributed by atoms with E-state index in [1.807, 2.05) is 0 Å². The summed E-state index contributed by atoms with van der Waals surface area (Å²) in [6.45, 7) is 0.101. The fraction of sp³-hybridized carbons (Fsp3) is 0.167. The normalized spacial score (nSPS) is 11.3. The van der Waals surface area contributed by atoms with E-state index in [4.69, 9.17) is 20.5 Å². The molecular weight excluding hydrogens is 320 g/mol. The van der Waals surface area contributed by atoms with Gasteiger partial charge in [0.25, 0.3) is 9.05 Å². The first-order valence-electron chi connectivity index (χ1n) is 5.69. The van der Waals surface area contributed by atoms with Crippen molar-refractivity contribution in [1.82, 2.24) is 9.55 Å². The third kappa shape index (κ3) is 3.53. The van der Waals surface area contributed by atoms with E-state index in [0.717, 1.165) is 11.8 Å². The van der Waals surface area contributed by atoms with Gasteiger partial charge in [-0.1, -0.05) is 0 Å². The maximum Gasteiger partial charge on any atom is 0.339 e. The Morgan fingerprint density at radius 3 is 2.71 bits per heavy atom. The minimum absolute atomic E-state index is 0.0489. The van der Waals surface area contributed by atoms with Crippen LogP contribution in [0.1, 0.15) is 16.1 Å². The van der Waals surface area contributed by atoms with Crippen LogP contribution in [-0.2, 0) is 22.7 Å². The van der Waals surface area contributed by atoms with Crippen LogP contribution in [0.4, 0.5) is 0 Å².